The summed E-state index contributed by atoms with van der Waals surface area (Å²) in [5.74, 6) is -0.679. The number of nitro groups is 2. The number of halogens is 1. The first-order chi connectivity index (χ1) is 17.1. The van der Waals surface area contributed by atoms with Crippen LogP contribution in [-0.2, 0) is 4.79 Å². The molecule has 1 amide bonds. The van der Waals surface area contributed by atoms with E-state index < -0.39 is 27.1 Å². The summed E-state index contributed by atoms with van der Waals surface area (Å²) in [6.45, 7) is 1.82. The minimum Gasteiger partial charge on any atom is -0.493 e. The predicted molar refractivity (Wildman–Crippen MR) is 134 cm³/mol. The second-order valence-electron chi connectivity index (χ2n) is 7.24. The monoisotopic (exact) mass is 552 g/mol. The summed E-state index contributed by atoms with van der Waals surface area (Å²) >= 11 is 3.31. The Hall–Kier alpha value is -4.76. The van der Waals surface area contributed by atoms with Gasteiger partial charge < -0.3 is 14.8 Å². The summed E-state index contributed by atoms with van der Waals surface area (Å²) in [6.07, 6.45) is 1.35. The van der Waals surface area contributed by atoms with Crippen LogP contribution in [0.25, 0.3) is 6.08 Å². The Morgan fingerprint density at radius 1 is 1.08 bits per heavy atom. The molecule has 0 saturated carbocycles. The molecule has 0 aliphatic heterocycles. The highest BCUT2D eigenvalue weighted by molar-refractivity contribution is 9.10. The van der Waals surface area contributed by atoms with E-state index in [1.54, 1.807) is 12.1 Å². The predicted octanol–water partition coefficient (Wildman–Crippen LogP) is 5.92. The number of hydrogen-bond acceptors (Lipinski definition) is 8. The average molecular weight is 553 g/mol. The number of aryl methyl sites for hydroxylation is 1. The van der Waals surface area contributed by atoms with Gasteiger partial charge in [0, 0.05) is 11.8 Å². The lowest BCUT2D eigenvalue weighted by Crippen LogP contribution is -2.14. The van der Waals surface area contributed by atoms with Crippen molar-refractivity contribution in [2.24, 2.45) is 0 Å². The third-order valence-corrected chi connectivity index (χ3v) is 5.47. The molecule has 0 unspecified atom stereocenters. The van der Waals surface area contributed by atoms with Crippen LogP contribution in [0.15, 0.2) is 64.6 Å². The van der Waals surface area contributed by atoms with Crippen LogP contribution in [0.2, 0.25) is 0 Å². The maximum Gasteiger partial charge on any atom is 0.318 e. The number of benzene rings is 3. The minimum absolute atomic E-state index is 0.0504. The summed E-state index contributed by atoms with van der Waals surface area (Å²) in [4.78, 5) is 33.5. The van der Waals surface area contributed by atoms with E-state index in [1.807, 2.05) is 25.1 Å². The van der Waals surface area contributed by atoms with Crippen molar-refractivity contribution in [3.63, 3.8) is 0 Å². The lowest BCUT2D eigenvalue weighted by molar-refractivity contribution is -0.394. The molecule has 0 atom stereocenters. The van der Waals surface area contributed by atoms with Crippen LogP contribution in [0.5, 0.6) is 17.2 Å². The normalized spacial score (nSPS) is 10.8. The number of ether oxygens (including phenoxy) is 2. The van der Waals surface area contributed by atoms with Crippen molar-refractivity contribution in [1.29, 1.82) is 5.26 Å². The van der Waals surface area contributed by atoms with Gasteiger partial charge in [0.15, 0.2) is 11.5 Å². The van der Waals surface area contributed by atoms with Crippen molar-refractivity contribution in [1.82, 2.24) is 0 Å². The Morgan fingerprint density at radius 2 is 1.81 bits per heavy atom. The second-order valence-corrected chi connectivity index (χ2v) is 8.10. The molecule has 0 radical (unpaired) electrons. The largest absolute Gasteiger partial charge is 0.493 e. The number of carbonyl (C=O) groups excluding carboxylic acids is 1. The van der Waals surface area contributed by atoms with Gasteiger partial charge in [-0.3, -0.25) is 25.0 Å². The number of anilines is 1. The number of nitriles is 1. The maximum atomic E-state index is 12.6. The van der Waals surface area contributed by atoms with Crippen LogP contribution >= 0.6 is 15.9 Å². The summed E-state index contributed by atoms with van der Waals surface area (Å²) in [6, 6.07) is 15.0. The molecule has 0 heterocycles. The number of carbonyl (C=O) groups is 1. The summed E-state index contributed by atoms with van der Waals surface area (Å²) in [5, 5.41) is 34.6. The highest BCUT2D eigenvalue weighted by atomic mass is 79.9. The smallest absolute Gasteiger partial charge is 0.318 e. The van der Waals surface area contributed by atoms with E-state index in [9.17, 15) is 30.3 Å². The molecule has 11 nitrogen and oxygen atoms in total. The molecule has 0 aliphatic carbocycles. The van der Waals surface area contributed by atoms with Crippen molar-refractivity contribution in [3.8, 4) is 23.3 Å². The molecule has 3 rings (SSSR count). The van der Waals surface area contributed by atoms with Crippen molar-refractivity contribution < 1.29 is 24.1 Å². The first-order valence-electron chi connectivity index (χ1n) is 10.1. The van der Waals surface area contributed by atoms with Gasteiger partial charge >= 0.3 is 5.69 Å². The maximum absolute atomic E-state index is 12.6. The van der Waals surface area contributed by atoms with Gasteiger partial charge in [0.1, 0.15) is 11.6 Å². The van der Waals surface area contributed by atoms with E-state index in [4.69, 9.17) is 9.47 Å². The summed E-state index contributed by atoms with van der Waals surface area (Å²) in [7, 11) is 1.34. The van der Waals surface area contributed by atoms with E-state index >= 15 is 0 Å². The zero-order valence-electron chi connectivity index (χ0n) is 18.9. The molecule has 0 aromatic heterocycles. The average Bonchev–Trinajstić information content (AvgIpc) is 2.85. The molecule has 0 saturated heterocycles. The zero-order valence-corrected chi connectivity index (χ0v) is 20.4. The molecule has 182 valence electrons. The fourth-order valence-corrected chi connectivity index (χ4v) is 3.64. The lowest BCUT2D eigenvalue weighted by Gasteiger charge is -2.13. The quantitative estimate of drug-likeness (QED) is 0.156. The van der Waals surface area contributed by atoms with Crippen LogP contribution in [-0.4, -0.2) is 22.9 Å². The Bertz CT molecular complexity index is 1450. The van der Waals surface area contributed by atoms with Gasteiger partial charge in [-0.25, -0.2) is 0 Å². The topological polar surface area (TPSA) is 158 Å². The third-order valence-electron chi connectivity index (χ3n) is 4.88. The van der Waals surface area contributed by atoms with Gasteiger partial charge in [-0.2, -0.15) is 5.26 Å². The number of non-ortho nitro benzene ring substituents is 1. The van der Waals surface area contributed by atoms with Crippen molar-refractivity contribution in [2.45, 2.75) is 6.92 Å². The number of nitro benzene ring substituents is 2. The van der Waals surface area contributed by atoms with E-state index in [0.29, 0.717) is 11.3 Å². The number of rotatable bonds is 8. The Kier molecular flexibility index (Phi) is 7.98. The van der Waals surface area contributed by atoms with Gasteiger partial charge in [-0.1, -0.05) is 18.2 Å². The third kappa shape index (κ3) is 5.83. The molecule has 0 bridgehead atoms. The van der Waals surface area contributed by atoms with Crippen molar-refractivity contribution in [3.05, 3.63) is 96.0 Å². The fraction of sp³-hybridized carbons (Fsp3) is 0.0833. The second kappa shape index (κ2) is 11.1. The summed E-state index contributed by atoms with van der Waals surface area (Å²) in [5.41, 5.74) is 0.549. The first kappa shape index (κ1) is 25.9. The number of hydrogen-bond donors (Lipinski definition) is 1. The van der Waals surface area contributed by atoms with Crippen LogP contribution < -0.4 is 14.8 Å². The van der Waals surface area contributed by atoms with E-state index in [0.717, 1.165) is 23.8 Å². The molecule has 3 aromatic rings. The molecule has 12 heteroatoms. The number of methoxy groups -OCH3 is 1. The Labute approximate surface area is 213 Å². The molecular formula is C24H17BrN4O7. The van der Waals surface area contributed by atoms with Gasteiger partial charge in [-0.15, -0.1) is 0 Å². The zero-order chi connectivity index (χ0) is 26.4. The van der Waals surface area contributed by atoms with Crippen LogP contribution in [0, 0.1) is 38.5 Å². The molecule has 0 fully saturated rings. The number of amides is 1. The fourth-order valence-electron chi connectivity index (χ4n) is 3.10. The van der Waals surface area contributed by atoms with Crippen LogP contribution in [0.4, 0.5) is 17.1 Å². The summed E-state index contributed by atoms with van der Waals surface area (Å²) < 4.78 is 11.3. The van der Waals surface area contributed by atoms with E-state index in [-0.39, 0.29) is 27.3 Å². The molecule has 0 spiro atoms. The van der Waals surface area contributed by atoms with E-state index in [1.165, 1.54) is 25.3 Å². The highest BCUT2D eigenvalue weighted by Crippen LogP contribution is 2.43. The first-order valence-corrected chi connectivity index (χ1v) is 10.9. The molecule has 0 aliphatic rings. The van der Waals surface area contributed by atoms with Crippen molar-refractivity contribution >= 4 is 45.0 Å². The minimum atomic E-state index is -0.800. The van der Waals surface area contributed by atoms with Gasteiger partial charge in [0.05, 0.1) is 27.5 Å². The molecule has 1 N–H and O–H groups in total. The van der Waals surface area contributed by atoms with Crippen molar-refractivity contribution in [2.75, 3.05) is 12.4 Å². The van der Waals surface area contributed by atoms with Gasteiger partial charge in [0.25, 0.3) is 11.6 Å². The number of nitrogens with zero attached hydrogens (tertiary/aromatic N) is 3. The molecule has 3 aromatic carbocycles. The number of para-hydroxylation sites is 1. The van der Waals surface area contributed by atoms with Gasteiger partial charge in [0.2, 0.25) is 5.75 Å². The SMILES string of the molecule is COc1cc(/C=C(/C#N)C(=O)Nc2ccccc2C)cc(Br)c1Oc1ccc([N+](=O)[O-])cc1[N+](=O)[O-]. The highest BCUT2D eigenvalue weighted by Gasteiger charge is 2.23. The van der Waals surface area contributed by atoms with Gasteiger partial charge in [-0.05, 0) is 64.3 Å². The molecular weight excluding hydrogens is 536 g/mol. The number of nitrogens with one attached hydrogen (secondary N) is 1. The molecule has 36 heavy (non-hydrogen) atoms. The Morgan fingerprint density at radius 3 is 2.42 bits per heavy atom. The van der Waals surface area contributed by atoms with E-state index in [2.05, 4.69) is 21.2 Å². The van der Waals surface area contributed by atoms with Crippen LogP contribution in [0.3, 0.4) is 0 Å². The Balaban J connectivity index is 1.96. The standard InChI is InChI=1S/C24H17BrN4O7/c1-14-5-3-4-6-19(14)27-24(30)16(13-26)9-15-10-18(25)23(22(11-15)35-2)36-21-8-7-17(28(31)32)12-20(21)29(33)34/h3-12H,1-2H3,(H,27,30)/b16-9-. The lowest BCUT2D eigenvalue weighted by atomic mass is 10.1. The van der Waals surface area contributed by atoms with Crippen LogP contribution in [0.1, 0.15) is 11.1 Å².